The maximum absolute atomic E-state index is 12.3. The number of nitrogens with one attached hydrogen (secondary N) is 2. The number of fused-ring (bicyclic) bond motifs is 1. The van der Waals surface area contributed by atoms with Gasteiger partial charge in [0.25, 0.3) is 0 Å². The van der Waals surface area contributed by atoms with E-state index in [1.807, 2.05) is 67.7 Å². The van der Waals surface area contributed by atoms with E-state index in [4.69, 9.17) is 0 Å². The number of anilines is 2. The molecule has 0 saturated heterocycles. The number of amides is 2. The van der Waals surface area contributed by atoms with Crippen LogP contribution in [-0.4, -0.2) is 48.9 Å². The van der Waals surface area contributed by atoms with E-state index in [2.05, 4.69) is 16.4 Å². The van der Waals surface area contributed by atoms with Gasteiger partial charge in [-0.05, 0) is 42.3 Å². The van der Waals surface area contributed by atoms with Crippen LogP contribution in [0.5, 0.6) is 0 Å². The molecule has 0 spiro atoms. The van der Waals surface area contributed by atoms with Gasteiger partial charge >= 0.3 is 0 Å². The quantitative estimate of drug-likeness (QED) is 0.615. The van der Waals surface area contributed by atoms with E-state index < -0.39 is 0 Å². The van der Waals surface area contributed by atoms with Gasteiger partial charge in [0.05, 0.1) is 0 Å². The second-order valence-corrected chi connectivity index (χ2v) is 7.36. The number of carbonyl (C=O) groups is 2. The van der Waals surface area contributed by atoms with E-state index in [1.54, 1.807) is 11.8 Å². The fourth-order valence-electron chi connectivity index (χ4n) is 3.32. The molecule has 6 heteroatoms. The molecule has 3 rings (SSSR count). The SMILES string of the molecule is CC(=O)N(CCC(=O)Nc1ccc(N(C)C)cc1)CCc1c[nH]c2ccccc12. The minimum Gasteiger partial charge on any atom is -0.378 e. The summed E-state index contributed by atoms with van der Waals surface area (Å²) in [6, 6.07) is 15.8. The van der Waals surface area contributed by atoms with Crippen LogP contribution in [0.4, 0.5) is 11.4 Å². The summed E-state index contributed by atoms with van der Waals surface area (Å²) in [4.78, 5) is 31.3. The van der Waals surface area contributed by atoms with Gasteiger partial charge < -0.3 is 20.1 Å². The number of nitrogens with zero attached hydrogens (tertiary/aromatic N) is 2. The normalized spacial score (nSPS) is 10.7. The Hall–Kier alpha value is -3.28. The zero-order valence-corrected chi connectivity index (χ0v) is 17.2. The van der Waals surface area contributed by atoms with Crippen molar-refractivity contribution in [3.63, 3.8) is 0 Å². The van der Waals surface area contributed by atoms with Gasteiger partial charge in [0.1, 0.15) is 0 Å². The Morgan fingerprint density at radius 2 is 1.72 bits per heavy atom. The van der Waals surface area contributed by atoms with Crippen molar-refractivity contribution in [2.24, 2.45) is 0 Å². The van der Waals surface area contributed by atoms with E-state index in [-0.39, 0.29) is 18.2 Å². The molecule has 29 heavy (non-hydrogen) atoms. The summed E-state index contributed by atoms with van der Waals surface area (Å²) < 4.78 is 0. The fourth-order valence-corrected chi connectivity index (χ4v) is 3.32. The van der Waals surface area contributed by atoms with Crippen LogP contribution in [0.3, 0.4) is 0 Å². The highest BCUT2D eigenvalue weighted by atomic mass is 16.2. The van der Waals surface area contributed by atoms with Crippen molar-refractivity contribution in [1.82, 2.24) is 9.88 Å². The van der Waals surface area contributed by atoms with Gasteiger partial charge in [0, 0.05) is 69.0 Å². The summed E-state index contributed by atoms with van der Waals surface area (Å²) in [7, 11) is 3.94. The molecule has 0 fully saturated rings. The summed E-state index contributed by atoms with van der Waals surface area (Å²) in [5, 5.41) is 4.07. The van der Waals surface area contributed by atoms with Gasteiger partial charge in [-0.15, -0.1) is 0 Å². The Bertz CT molecular complexity index is 976. The minimum absolute atomic E-state index is 0.0204. The topological polar surface area (TPSA) is 68.4 Å². The Morgan fingerprint density at radius 3 is 2.41 bits per heavy atom. The smallest absolute Gasteiger partial charge is 0.226 e. The van der Waals surface area contributed by atoms with Crippen LogP contribution in [0.25, 0.3) is 10.9 Å². The van der Waals surface area contributed by atoms with E-state index in [9.17, 15) is 9.59 Å². The first-order valence-corrected chi connectivity index (χ1v) is 9.82. The maximum Gasteiger partial charge on any atom is 0.226 e. The maximum atomic E-state index is 12.3. The van der Waals surface area contributed by atoms with E-state index >= 15 is 0 Å². The molecule has 0 bridgehead atoms. The number of benzene rings is 2. The highest BCUT2D eigenvalue weighted by molar-refractivity contribution is 5.91. The number of H-pyrrole nitrogens is 1. The Labute approximate surface area is 171 Å². The minimum atomic E-state index is -0.0963. The molecule has 0 aliphatic rings. The van der Waals surface area contributed by atoms with Gasteiger partial charge in [0.2, 0.25) is 11.8 Å². The van der Waals surface area contributed by atoms with Crippen molar-refractivity contribution in [3.05, 3.63) is 60.3 Å². The zero-order chi connectivity index (χ0) is 20.8. The second kappa shape index (κ2) is 9.28. The summed E-state index contributed by atoms with van der Waals surface area (Å²) in [6.45, 7) is 2.54. The monoisotopic (exact) mass is 392 g/mol. The molecule has 2 N–H and O–H groups in total. The summed E-state index contributed by atoms with van der Waals surface area (Å²) in [5.74, 6) is -0.117. The van der Waals surface area contributed by atoms with Crippen molar-refractivity contribution in [2.75, 3.05) is 37.4 Å². The van der Waals surface area contributed by atoms with E-state index in [0.717, 1.165) is 23.3 Å². The Morgan fingerprint density at radius 1 is 1.00 bits per heavy atom. The predicted octanol–water partition coefficient (Wildman–Crippen LogP) is 3.65. The first-order chi connectivity index (χ1) is 13.9. The molecule has 1 aromatic heterocycles. The third-order valence-corrected chi connectivity index (χ3v) is 5.05. The van der Waals surface area contributed by atoms with Crippen LogP contribution in [-0.2, 0) is 16.0 Å². The summed E-state index contributed by atoms with van der Waals surface area (Å²) in [6.07, 6.45) is 3.01. The van der Waals surface area contributed by atoms with Gasteiger partial charge in [0.15, 0.2) is 0 Å². The van der Waals surface area contributed by atoms with Gasteiger partial charge in [-0.2, -0.15) is 0 Å². The van der Waals surface area contributed by atoms with Gasteiger partial charge in [-0.3, -0.25) is 9.59 Å². The lowest BCUT2D eigenvalue weighted by Gasteiger charge is -2.20. The lowest BCUT2D eigenvalue weighted by atomic mass is 10.1. The highest BCUT2D eigenvalue weighted by Crippen LogP contribution is 2.19. The van der Waals surface area contributed by atoms with Crippen LogP contribution in [0.2, 0.25) is 0 Å². The number of aromatic nitrogens is 1. The molecule has 0 unspecified atom stereocenters. The first-order valence-electron chi connectivity index (χ1n) is 9.82. The molecule has 0 atom stereocenters. The van der Waals surface area contributed by atoms with Crippen molar-refractivity contribution >= 4 is 34.1 Å². The highest BCUT2D eigenvalue weighted by Gasteiger charge is 2.13. The third kappa shape index (κ3) is 5.38. The Balaban J connectivity index is 1.52. The third-order valence-electron chi connectivity index (χ3n) is 5.05. The molecule has 2 aromatic carbocycles. The number of carbonyl (C=O) groups excluding carboxylic acids is 2. The molecular weight excluding hydrogens is 364 g/mol. The van der Waals surface area contributed by atoms with Gasteiger partial charge in [-0.1, -0.05) is 18.2 Å². The van der Waals surface area contributed by atoms with Crippen LogP contribution in [0, 0.1) is 0 Å². The van der Waals surface area contributed by atoms with Crippen molar-refractivity contribution < 1.29 is 9.59 Å². The van der Waals surface area contributed by atoms with Crippen molar-refractivity contribution in [3.8, 4) is 0 Å². The van der Waals surface area contributed by atoms with Gasteiger partial charge in [-0.25, -0.2) is 0 Å². The standard InChI is InChI=1S/C23H28N4O2/c1-17(28)27(14-12-18-16-24-22-7-5-4-6-21(18)22)15-13-23(29)25-19-8-10-20(11-9-19)26(2)3/h4-11,16,24H,12-15H2,1-3H3,(H,25,29). The lowest BCUT2D eigenvalue weighted by Crippen LogP contribution is -2.33. The fraction of sp³-hybridized carbons (Fsp3) is 0.304. The lowest BCUT2D eigenvalue weighted by molar-refractivity contribution is -0.129. The average Bonchev–Trinajstić information content (AvgIpc) is 3.11. The molecule has 0 aliphatic heterocycles. The molecule has 1 heterocycles. The number of rotatable bonds is 8. The molecule has 3 aromatic rings. The molecule has 6 nitrogen and oxygen atoms in total. The molecule has 152 valence electrons. The number of aromatic amines is 1. The molecule has 2 amide bonds. The predicted molar refractivity (Wildman–Crippen MR) is 118 cm³/mol. The van der Waals surface area contributed by atoms with E-state index in [1.165, 1.54) is 10.9 Å². The molecule has 0 aliphatic carbocycles. The van der Waals surface area contributed by atoms with Crippen LogP contribution < -0.4 is 10.2 Å². The largest absolute Gasteiger partial charge is 0.378 e. The first kappa shape index (κ1) is 20.5. The molecule has 0 radical (unpaired) electrons. The van der Waals surface area contributed by atoms with E-state index in [0.29, 0.717) is 13.1 Å². The summed E-state index contributed by atoms with van der Waals surface area (Å²) in [5.41, 5.74) is 4.10. The Kier molecular flexibility index (Phi) is 6.54. The molecule has 0 saturated carbocycles. The number of hydrogen-bond acceptors (Lipinski definition) is 3. The number of para-hydroxylation sites is 1. The summed E-state index contributed by atoms with van der Waals surface area (Å²) >= 11 is 0. The zero-order valence-electron chi connectivity index (χ0n) is 17.2. The van der Waals surface area contributed by atoms with Crippen molar-refractivity contribution in [1.29, 1.82) is 0 Å². The van der Waals surface area contributed by atoms with Crippen molar-refractivity contribution in [2.45, 2.75) is 19.8 Å². The molecular formula is C23H28N4O2. The van der Waals surface area contributed by atoms with Crippen LogP contribution >= 0.6 is 0 Å². The second-order valence-electron chi connectivity index (χ2n) is 7.36. The average molecular weight is 393 g/mol. The van der Waals surface area contributed by atoms with Crippen LogP contribution in [0.15, 0.2) is 54.7 Å². The van der Waals surface area contributed by atoms with Crippen LogP contribution in [0.1, 0.15) is 18.9 Å². The number of hydrogen-bond donors (Lipinski definition) is 2.